The van der Waals surface area contributed by atoms with Gasteiger partial charge in [-0.1, -0.05) is 108 Å². The smallest absolute Gasteiger partial charge is 0.322 e. The molecule has 4 aliphatic heterocycles. The number of rotatable bonds is 10. The van der Waals surface area contributed by atoms with E-state index < -0.39 is 45.3 Å². The van der Waals surface area contributed by atoms with E-state index in [2.05, 4.69) is 138 Å². The van der Waals surface area contributed by atoms with Crippen LogP contribution in [0.1, 0.15) is 124 Å². The summed E-state index contributed by atoms with van der Waals surface area (Å²) in [5, 5.41) is 6.52. The fourth-order valence-corrected chi connectivity index (χ4v) is 11.8. The van der Waals surface area contributed by atoms with Crippen LogP contribution in [-0.2, 0) is 22.7 Å². The van der Waals surface area contributed by atoms with Gasteiger partial charge in [0.1, 0.15) is 11.1 Å². The van der Waals surface area contributed by atoms with Crippen LogP contribution < -0.4 is 20.4 Å². The summed E-state index contributed by atoms with van der Waals surface area (Å²) in [5.74, 6) is -1.07. The summed E-state index contributed by atoms with van der Waals surface area (Å²) in [6.45, 7) is 25.1. The minimum atomic E-state index is -1.16. The lowest BCUT2D eigenvalue weighted by molar-refractivity contribution is -0.151. The Morgan fingerprint density at radius 3 is 1.39 bits per heavy atom. The summed E-state index contributed by atoms with van der Waals surface area (Å²) < 4.78 is 0. The predicted octanol–water partition coefficient (Wildman–Crippen LogP) is 9.34. The van der Waals surface area contributed by atoms with E-state index in [0.717, 1.165) is 38.8 Å². The second-order valence-corrected chi connectivity index (χ2v) is 19.1. The second kappa shape index (κ2) is 14.9. The van der Waals surface area contributed by atoms with Crippen LogP contribution in [0.15, 0.2) is 78.9 Å². The Labute approximate surface area is 352 Å². The molecule has 7 rings (SSSR count). The number of carbonyl (C=O) groups is 4. The maximum atomic E-state index is 15.2. The number of imide groups is 2. The molecule has 2 spiro atoms. The van der Waals surface area contributed by atoms with Crippen molar-refractivity contribution in [1.82, 2.24) is 20.4 Å². The van der Waals surface area contributed by atoms with E-state index in [1.807, 2.05) is 19.1 Å². The highest BCUT2D eigenvalue weighted by Gasteiger charge is 2.68. The third-order valence-corrected chi connectivity index (χ3v) is 16.4. The van der Waals surface area contributed by atoms with E-state index in [9.17, 15) is 9.59 Å². The van der Waals surface area contributed by atoms with Crippen LogP contribution in [0.3, 0.4) is 0 Å². The molecule has 10 nitrogen and oxygen atoms in total. The Balaban J connectivity index is 1.23. The van der Waals surface area contributed by atoms with Crippen LogP contribution in [0.2, 0.25) is 0 Å². The molecule has 3 aromatic rings. The van der Waals surface area contributed by atoms with Crippen LogP contribution in [0.25, 0.3) is 0 Å². The van der Waals surface area contributed by atoms with Gasteiger partial charge in [-0.3, -0.25) is 19.4 Å². The molecular formula is C49H66N6O4. The van der Waals surface area contributed by atoms with Crippen molar-refractivity contribution in [2.45, 2.75) is 161 Å². The van der Waals surface area contributed by atoms with E-state index in [1.54, 1.807) is 18.2 Å². The topological polar surface area (TPSA) is 105 Å². The first-order valence-electron chi connectivity index (χ1n) is 21.9. The van der Waals surface area contributed by atoms with Gasteiger partial charge in [0.15, 0.2) is 0 Å². The second-order valence-electron chi connectivity index (χ2n) is 19.1. The molecule has 4 heterocycles. The molecule has 0 saturated carbocycles. The Morgan fingerprint density at radius 2 is 0.983 bits per heavy atom. The van der Waals surface area contributed by atoms with E-state index in [-0.39, 0.29) is 23.7 Å². The molecule has 10 heteroatoms. The number of anilines is 2. The average Bonchev–Trinajstić information content (AvgIpc) is 3.63. The summed E-state index contributed by atoms with van der Waals surface area (Å²) in [5.41, 5.74) is -0.185. The number of urea groups is 2. The van der Waals surface area contributed by atoms with Crippen LogP contribution in [0.5, 0.6) is 0 Å². The Morgan fingerprint density at radius 1 is 0.576 bits per heavy atom. The molecule has 6 amide bonds. The normalized spacial score (nSPS) is 35.2. The van der Waals surface area contributed by atoms with Gasteiger partial charge in [0.2, 0.25) is 0 Å². The summed E-state index contributed by atoms with van der Waals surface area (Å²) >= 11 is 0. The molecule has 59 heavy (non-hydrogen) atoms. The van der Waals surface area contributed by atoms with Crippen LogP contribution >= 0.6 is 0 Å². The maximum Gasteiger partial charge on any atom is 0.329 e. The lowest BCUT2D eigenvalue weighted by atomic mass is 9.59. The summed E-state index contributed by atoms with van der Waals surface area (Å²) in [6, 6.07) is 25.2. The third kappa shape index (κ3) is 6.25. The molecule has 0 aromatic heterocycles. The number of amides is 6. The van der Waals surface area contributed by atoms with E-state index in [1.165, 1.54) is 20.9 Å². The first-order valence-corrected chi connectivity index (χ1v) is 21.9. The zero-order chi connectivity index (χ0) is 42.9. The first-order chi connectivity index (χ1) is 27.8. The van der Waals surface area contributed by atoms with Crippen LogP contribution in [-0.4, -0.2) is 66.9 Å². The molecule has 3 aromatic carbocycles. The highest BCUT2D eigenvalue weighted by Crippen LogP contribution is 2.55. The van der Waals surface area contributed by atoms with Gasteiger partial charge in [0.05, 0.1) is 11.4 Å². The van der Waals surface area contributed by atoms with Crippen LogP contribution in [0, 0.1) is 18.8 Å². The third-order valence-electron chi connectivity index (χ3n) is 16.4. The molecule has 4 saturated heterocycles. The molecule has 0 radical (unpaired) electrons. The summed E-state index contributed by atoms with van der Waals surface area (Å²) in [7, 11) is 0. The molecule has 8 unspecified atom stereocenters. The van der Waals surface area contributed by atoms with Gasteiger partial charge in [-0.2, -0.15) is 0 Å². The van der Waals surface area contributed by atoms with Crippen molar-refractivity contribution in [2.75, 3.05) is 9.80 Å². The molecule has 4 aliphatic rings. The van der Waals surface area contributed by atoms with Gasteiger partial charge in [-0.25, -0.2) is 19.4 Å². The van der Waals surface area contributed by atoms with E-state index in [0.29, 0.717) is 29.8 Å². The van der Waals surface area contributed by atoms with Gasteiger partial charge >= 0.3 is 12.1 Å². The van der Waals surface area contributed by atoms with Crippen molar-refractivity contribution in [3.63, 3.8) is 0 Å². The number of likely N-dealkylation sites (tertiary alicyclic amines) is 2. The minimum Gasteiger partial charge on any atom is -0.322 e. The SMILES string of the molecule is CCC1(C)CC2(NC(=O)N(c3ccc(C)c(N4C(=O)NC5(CC(C)(CC)N(Cc6ccccc6)C(C)(CC)C5C)C4=O)c3)C2=O)C(C)C(C)(CC)N1Cc1ccccc1. The number of benzene rings is 3. The lowest BCUT2D eigenvalue weighted by Crippen LogP contribution is -2.75. The van der Waals surface area contributed by atoms with Gasteiger partial charge in [-0.05, 0) is 102 Å². The summed E-state index contributed by atoms with van der Waals surface area (Å²) in [4.78, 5) is 66.6. The number of carbonyl (C=O) groups excluding carboxylic acids is 4. The number of nitrogens with zero attached hydrogens (tertiary/aromatic N) is 4. The fourth-order valence-electron chi connectivity index (χ4n) is 11.8. The van der Waals surface area contributed by atoms with Gasteiger partial charge in [0, 0.05) is 47.1 Å². The number of hydrogen-bond acceptors (Lipinski definition) is 6. The highest BCUT2D eigenvalue weighted by molar-refractivity contribution is 6.26. The number of nitrogens with one attached hydrogen (secondary N) is 2. The highest BCUT2D eigenvalue weighted by atomic mass is 16.2. The fraction of sp³-hybridized carbons (Fsp3) is 0.551. The monoisotopic (exact) mass is 803 g/mol. The van der Waals surface area contributed by atoms with Crippen molar-refractivity contribution in [1.29, 1.82) is 0 Å². The number of aryl methyl sites for hydroxylation is 1. The molecule has 4 fully saturated rings. The zero-order valence-electron chi connectivity index (χ0n) is 37.2. The van der Waals surface area contributed by atoms with Gasteiger partial charge in [-0.15, -0.1) is 0 Å². The molecule has 2 N–H and O–H groups in total. The van der Waals surface area contributed by atoms with Crippen molar-refractivity contribution in [3.05, 3.63) is 95.6 Å². The zero-order valence-corrected chi connectivity index (χ0v) is 37.2. The minimum absolute atomic E-state index is 0.240. The van der Waals surface area contributed by atoms with E-state index >= 15 is 9.59 Å². The Bertz CT molecular complexity index is 2130. The van der Waals surface area contributed by atoms with Crippen molar-refractivity contribution in [2.24, 2.45) is 11.8 Å². The molecule has 316 valence electrons. The molecule has 0 bridgehead atoms. The largest absolute Gasteiger partial charge is 0.329 e. The number of piperidine rings is 2. The van der Waals surface area contributed by atoms with Crippen molar-refractivity contribution < 1.29 is 19.2 Å². The quantitative estimate of drug-likeness (QED) is 0.198. The Kier molecular flexibility index (Phi) is 10.7. The van der Waals surface area contributed by atoms with Crippen molar-refractivity contribution >= 4 is 35.3 Å². The Hall–Kier alpha value is -4.54. The summed E-state index contributed by atoms with van der Waals surface area (Å²) in [6.07, 6.45) is 4.02. The van der Waals surface area contributed by atoms with E-state index in [4.69, 9.17) is 0 Å². The standard InChI is InChI=1S/C49H66N6O4/c1-12-44(8)31-48(34(6)46(10,14-3)52(44)29-36-22-18-16-19-23-36)40(56)54(42(58)50-48)38-27-26-33(5)39(28-38)55-41(57)49(51-43(55)59)32-45(9,13-2)53(47(11,15-4)35(49)7)30-37-24-20-17-21-25-37/h16-28,34-35H,12-15,29-32H2,1-11H3,(H,50,58)(H,51,59). The molecular weight excluding hydrogens is 737 g/mol. The van der Waals surface area contributed by atoms with Crippen molar-refractivity contribution in [3.8, 4) is 0 Å². The first kappa shape index (κ1) is 42.6. The average molecular weight is 803 g/mol. The van der Waals surface area contributed by atoms with Gasteiger partial charge < -0.3 is 10.6 Å². The number of hydrogen-bond donors (Lipinski definition) is 2. The van der Waals surface area contributed by atoms with Crippen LogP contribution in [0.4, 0.5) is 21.0 Å². The maximum absolute atomic E-state index is 15.2. The molecule has 8 atom stereocenters. The lowest BCUT2D eigenvalue weighted by Gasteiger charge is -2.63. The van der Waals surface area contributed by atoms with Gasteiger partial charge in [0.25, 0.3) is 11.8 Å². The predicted molar refractivity (Wildman–Crippen MR) is 235 cm³/mol. The molecule has 0 aliphatic carbocycles.